The standard InChI is InChI=1S/C29H35NO3/c1-31-24-13-14-25-23(20-24)12-15-27(26(25)18-21-8-5-4-6-9-21)30-17-7-10-22-11-16-28(32-2)29(19-22)33-3/h4-6,8-9,11,13-14,16,19-20,26-27,30H,7,10,12,15,17-18H2,1-3H3. The van der Waals surface area contributed by atoms with E-state index in [1.807, 2.05) is 6.07 Å². The number of benzene rings is 3. The molecule has 4 rings (SSSR count). The lowest BCUT2D eigenvalue weighted by atomic mass is 9.76. The van der Waals surface area contributed by atoms with Gasteiger partial charge in [0.2, 0.25) is 0 Å². The molecule has 1 aliphatic rings. The number of hydrogen-bond donors (Lipinski definition) is 1. The van der Waals surface area contributed by atoms with Crippen molar-refractivity contribution < 1.29 is 14.2 Å². The largest absolute Gasteiger partial charge is 0.497 e. The first-order valence-corrected chi connectivity index (χ1v) is 11.9. The van der Waals surface area contributed by atoms with Gasteiger partial charge >= 0.3 is 0 Å². The molecule has 0 aliphatic heterocycles. The normalized spacial score (nSPS) is 17.3. The van der Waals surface area contributed by atoms with Gasteiger partial charge in [0, 0.05) is 12.0 Å². The molecule has 33 heavy (non-hydrogen) atoms. The summed E-state index contributed by atoms with van der Waals surface area (Å²) in [6.45, 7) is 0.996. The number of methoxy groups -OCH3 is 3. The first-order chi connectivity index (χ1) is 16.2. The van der Waals surface area contributed by atoms with Gasteiger partial charge in [0.15, 0.2) is 11.5 Å². The van der Waals surface area contributed by atoms with Gasteiger partial charge in [-0.25, -0.2) is 0 Å². The molecule has 2 unspecified atom stereocenters. The molecule has 1 N–H and O–H groups in total. The Balaban J connectivity index is 1.42. The molecule has 3 aromatic rings. The van der Waals surface area contributed by atoms with Crippen LogP contribution in [0.4, 0.5) is 0 Å². The molecule has 1 aliphatic carbocycles. The van der Waals surface area contributed by atoms with Crippen LogP contribution < -0.4 is 19.5 Å². The molecule has 0 spiro atoms. The molecular weight excluding hydrogens is 410 g/mol. The van der Waals surface area contributed by atoms with Crippen LogP contribution in [0, 0.1) is 0 Å². The van der Waals surface area contributed by atoms with Crippen molar-refractivity contribution in [2.45, 2.75) is 44.1 Å². The summed E-state index contributed by atoms with van der Waals surface area (Å²) in [6, 6.07) is 24.1. The van der Waals surface area contributed by atoms with Crippen LogP contribution >= 0.6 is 0 Å². The molecule has 0 heterocycles. The number of fused-ring (bicyclic) bond motifs is 1. The fourth-order valence-electron chi connectivity index (χ4n) is 5.00. The van der Waals surface area contributed by atoms with Crippen LogP contribution in [0.15, 0.2) is 66.7 Å². The van der Waals surface area contributed by atoms with E-state index in [0.29, 0.717) is 12.0 Å². The molecule has 0 bridgehead atoms. The van der Waals surface area contributed by atoms with E-state index in [9.17, 15) is 0 Å². The van der Waals surface area contributed by atoms with E-state index >= 15 is 0 Å². The molecule has 4 heteroatoms. The third-order valence-corrected chi connectivity index (χ3v) is 6.76. The van der Waals surface area contributed by atoms with E-state index in [1.54, 1.807) is 21.3 Å². The Kier molecular flexibility index (Phi) is 7.90. The van der Waals surface area contributed by atoms with E-state index in [0.717, 1.165) is 55.9 Å². The van der Waals surface area contributed by atoms with E-state index in [1.165, 1.54) is 22.3 Å². The van der Waals surface area contributed by atoms with Crippen LogP contribution in [0.1, 0.15) is 41.0 Å². The summed E-state index contributed by atoms with van der Waals surface area (Å²) >= 11 is 0. The lowest BCUT2D eigenvalue weighted by Gasteiger charge is -2.35. The minimum Gasteiger partial charge on any atom is -0.497 e. The molecule has 3 aromatic carbocycles. The highest BCUT2D eigenvalue weighted by Crippen LogP contribution is 2.36. The molecule has 0 saturated carbocycles. The second-order valence-corrected chi connectivity index (χ2v) is 8.75. The van der Waals surface area contributed by atoms with Crippen molar-refractivity contribution in [3.63, 3.8) is 0 Å². The summed E-state index contributed by atoms with van der Waals surface area (Å²) < 4.78 is 16.3. The Labute approximate surface area is 197 Å². The summed E-state index contributed by atoms with van der Waals surface area (Å²) in [5, 5.41) is 3.90. The van der Waals surface area contributed by atoms with Gasteiger partial charge in [-0.1, -0.05) is 42.5 Å². The van der Waals surface area contributed by atoms with Gasteiger partial charge in [0.05, 0.1) is 21.3 Å². The smallest absolute Gasteiger partial charge is 0.160 e. The summed E-state index contributed by atoms with van der Waals surface area (Å²) in [5.41, 5.74) is 5.56. The first-order valence-electron chi connectivity index (χ1n) is 11.9. The number of hydrogen-bond acceptors (Lipinski definition) is 4. The van der Waals surface area contributed by atoms with Crippen LogP contribution in [-0.2, 0) is 19.3 Å². The van der Waals surface area contributed by atoms with E-state index in [4.69, 9.17) is 14.2 Å². The molecule has 2 atom stereocenters. The van der Waals surface area contributed by atoms with E-state index in [-0.39, 0.29) is 0 Å². The molecule has 0 fully saturated rings. The molecular formula is C29H35NO3. The van der Waals surface area contributed by atoms with Gasteiger partial charge in [0.25, 0.3) is 0 Å². The average Bonchev–Trinajstić information content (AvgIpc) is 2.87. The minimum absolute atomic E-state index is 0.461. The topological polar surface area (TPSA) is 39.7 Å². The molecule has 174 valence electrons. The SMILES string of the molecule is COc1ccc2c(c1)CCC(NCCCc1ccc(OC)c(OC)c1)C2Cc1ccccc1. The fraction of sp³-hybridized carbons (Fsp3) is 0.379. The maximum absolute atomic E-state index is 5.48. The summed E-state index contributed by atoms with van der Waals surface area (Å²) in [5.74, 6) is 2.99. The van der Waals surface area contributed by atoms with Gasteiger partial charge in [-0.3, -0.25) is 0 Å². The van der Waals surface area contributed by atoms with Crippen molar-refractivity contribution in [3.05, 3.63) is 89.0 Å². The Hall–Kier alpha value is -2.98. The molecule has 0 amide bonds. The van der Waals surface area contributed by atoms with Gasteiger partial charge < -0.3 is 19.5 Å². The maximum Gasteiger partial charge on any atom is 0.160 e. The fourth-order valence-corrected chi connectivity index (χ4v) is 5.00. The zero-order chi connectivity index (χ0) is 23.0. The Bertz CT molecular complexity index is 1030. The summed E-state index contributed by atoms with van der Waals surface area (Å²) in [6.07, 6.45) is 5.38. The van der Waals surface area contributed by atoms with E-state index < -0.39 is 0 Å². The second-order valence-electron chi connectivity index (χ2n) is 8.75. The predicted molar refractivity (Wildman–Crippen MR) is 134 cm³/mol. The number of aryl methyl sites for hydroxylation is 2. The van der Waals surface area contributed by atoms with Crippen LogP contribution in [0.2, 0.25) is 0 Å². The van der Waals surface area contributed by atoms with Crippen LogP contribution in [-0.4, -0.2) is 33.9 Å². The quantitative estimate of drug-likeness (QED) is 0.414. The maximum atomic E-state index is 5.48. The summed E-state index contributed by atoms with van der Waals surface area (Å²) in [4.78, 5) is 0. The van der Waals surface area contributed by atoms with Crippen molar-refractivity contribution in [2.24, 2.45) is 0 Å². The van der Waals surface area contributed by atoms with Crippen molar-refractivity contribution in [2.75, 3.05) is 27.9 Å². The zero-order valence-electron chi connectivity index (χ0n) is 20.0. The Morgan fingerprint density at radius 3 is 2.39 bits per heavy atom. The van der Waals surface area contributed by atoms with Gasteiger partial charge in [-0.2, -0.15) is 0 Å². The van der Waals surface area contributed by atoms with Gasteiger partial charge in [-0.15, -0.1) is 0 Å². The second kappa shape index (κ2) is 11.2. The van der Waals surface area contributed by atoms with Gasteiger partial charge in [-0.05, 0) is 85.2 Å². The third kappa shape index (κ3) is 5.69. The lowest BCUT2D eigenvalue weighted by Crippen LogP contribution is -2.40. The third-order valence-electron chi connectivity index (χ3n) is 6.76. The summed E-state index contributed by atoms with van der Waals surface area (Å²) in [7, 11) is 5.10. The molecule has 0 saturated heterocycles. The highest BCUT2D eigenvalue weighted by molar-refractivity contribution is 5.43. The molecule has 0 aromatic heterocycles. The Morgan fingerprint density at radius 2 is 1.64 bits per heavy atom. The number of nitrogens with one attached hydrogen (secondary N) is 1. The van der Waals surface area contributed by atoms with Crippen molar-refractivity contribution in [1.82, 2.24) is 5.32 Å². The van der Waals surface area contributed by atoms with Crippen molar-refractivity contribution in [3.8, 4) is 17.2 Å². The van der Waals surface area contributed by atoms with Crippen molar-refractivity contribution in [1.29, 1.82) is 0 Å². The van der Waals surface area contributed by atoms with Crippen LogP contribution in [0.3, 0.4) is 0 Å². The molecule has 4 nitrogen and oxygen atoms in total. The molecule has 0 radical (unpaired) electrons. The highest BCUT2D eigenvalue weighted by Gasteiger charge is 2.29. The first kappa shape index (κ1) is 23.2. The van der Waals surface area contributed by atoms with Crippen molar-refractivity contribution >= 4 is 0 Å². The van der Waals surface area contributed by atoms with E-state index in [2.05, 4.69) is 66.0 Å². The van der Waals surface area contributed by atoms with Crippen LogP contribution in [0.5, 0.6) is 17.2 Å². The van der Waals surface area contributed by atoms with Gasteiger partial charge in [0.1, 0.15) is 5.75 Å². The lowest BCUT2D eigenvalue weighted by molar-refractivity contribution is 0.354. The monoisotopic (exact) mass is 445 g/mol. The van der Waals surface area contributed by atoms with Crippen LogP contribution in [0.25, 0.3) is 0 Å². The number of rotatable bonds is 10. The Morgan fingerprint density at radius 1 is 0.818 bits per heavy atom. The zero-order valence-corrected chi connectivity index (χ0v) is 20.0. The minimum atomic E-state index is 0.461. The predicted octanol–water partition coefficient (Wildman–Crippen LogP) is 5.58. The number of ether oxygens (including phenoxy) is 3. The average molecular weight is 446 g/mol. The highest BCUT2D eigenvalue weighted by atomic mass is 16.5.